The first-order chi connectivity index (χ1) is 14.5. The predicted molar refractivity (Wildman–Crippen MR) is 117 cm³/mol. The van der Waals surface area contributed by atoms with Gasteiger partial charge in [-0.1, -0.05) is 17.7 Å². The lowest BCUT2D eigenvalue weighted by Crippen LogP contribution is -2.45. The van der Waals surface area contributed by atoms with Gasteiger partial charge in [-0.2, -0.15) is 0 Å². The van der Waals surface area contributed by atoms with Crippen LogP contribution in [0.15, 0.2) is 30.6 Å². The van der Waals surface area contributed by atoms with Gasteiger partial charge < -0.3 is 14.0 Å². The highest BCUT2D eigenvalue weighted by Crippen LogP contribution is 2.31. The van der Waals surface area contributed by atoms with E-state index < -0.39 is 0 Å². The second kappa shape index (κ2) is 8.64. The Labute approximate surface area is 181 Å². The Morgan fingerprint density at radius 2 is 2.13 bits per heavy atom. The maximum absolute atomic E-state index is 13.5. The van der Waals surface area contributed by atoms with Gasteiger partial charge in [-0.3, -0.25) is 4.79 Å². The van der Waals surface area contributed by atoms with E-state index in [1.165, 1.54) is 0 Å². The lowest BCUT2D eigenvalue weighted by atomic mass is 9.97. The number of hydrogen-bond donors (Lipinski definition) is 0. The average Bonchev–Trinajstić information content (AvgIpc) is 3.14. The standard InChI is InChI=1S/C23H27ClN4O2/c1-4-30-21-19(24)12-16(3)25-20(21)23(29)28-11-6-5-9-18(28)13-17-14-27-10-7-8-15(2)22(27)26-17/h7-8,10,12,14,18H,4-6,9,11,13H2,1-3H3/t18-/m0/s1. The van der Waals surface area contributed by atoms with E-state index in [0.29, 0.717) is 35.3 Å². The smallest absolute Gasteiger partial charge is 0.276 e. The first-order valence-electron chi connectivity index (χ1n) is 10.5. The molecule has 6 nitrogen and oxygen atoms in total. The van der Waals surface area contributed by atoms with E-state index in [4.69, 9.17) is 21.3 Å². The fourth-order valence-electron chi connectivity index (χ4n) is 4.21. The lowest BCUT2D eigenvalue weighted by Gasteiger charge is -2.35. The number of carbonyl (C=O) groups excluding carboxylic acids is 1. The number of hydrogen-bond acceptors (Lipinski definition) is 4. The number of halogens is 1. The van der Waals surface area contributed by atoms with Gasteiger partial charge in [-0.15, -0.1) is 0 Å². The van der Waals surface area contributed by atoms with Crippen molar-refractivity contribution in [3.8, 4) is 5.75 Å². The fraction of sp³-hybridized carbons (Fsp3) is 0.435. The zero-order valence-corrected chi connectivity index (χ0v) is 18.4. The van der Waals surface area contributed by atoms with Crippen LogP contribution >= 0.6 is 11.6 Å². The van der Waals surface area contributed by atoms with Crippen LogP contribution < -0.4 is 4.74 Å². The first-order valence-corrected chi connectivity index (χ1v) is 10.9. The quantitative estimate of drug-likeness (QED) is 0.596. The summed E-state index contributed by atoms with van der Waals surface area (Å²) < 4.78 is 7.73. The summed E-state index contributed by atoms with van der Waals surface area (Å²) in [6, 6.07) is 5.89. The summed E-state index contributed by atoms with van der Waals surface area (Å²) in [6.45, 7) is 6.90. The van der Waals surface area contributed by atoms with Gasteiger partial charge in [0.15, 0.2) is 11.4 Å². The van der Waals surface area contributed by atoms with Gasteiger partial charge in [-0.05, 0) is 57.7 Å². The van der Waals surface area contributed by atoms with Crippen molar-refractivity contribution in [2.24, 2.45) is 0 Å². The molecule has 3 aromatic rings. The number of fused-ring (bicyclic) bond motifs is 1. The number of piperidine rings is 1. The summed E-state index contributed by atoms with van der Waals surface area (Å²) in [4.78, 5) is 24.8. The molecule has 3 aromatic heterocycles. The Bertz CT molecular complexity index is 1080. The van der Waals surface area contributed by atoms with Crippen molar-refractivity contribution < 1.29 is 9.53 Å². The lowest BCUT2D eigenvalue weighted by molar-refractivity contribution is 0.0601. The molecule has 4 heterocycles. The monoisotopic (exact) mass is 426 g/mol. The van der Waals surface area contributed by atoms with Crippen LogP contribution in [-0.2, 0) is 6.42 Å². The Balaban J connectivity index is 1.63. The molecule has 0 spiro atoms. The molecule has 0 saturated carbocycles. The highest BCUT2D eigenvalue weighted by molar-refractivity contribution is 6.32. The van der Waals surface area contributed by atoms with Crippen molar-refractivity contribution in [3.63, 3.8) is 0 Å². The van der Waals surface area contributed by atoms with Gasteiger partial charge in [0.05, 0.1) is 17.3 Å². The Kier molecular flexibility index (Phi) is 5.95. The molecule has 1 fully saturated rings. The molecule has 1 aliphatic rings. The maximum Gasteiger partial charge on any atom is 0.276 e. The van der Waals surface area contributed by atoms with Crippen LogP contribution in [0.2, 0.25) is 5.02 Å². The van der Waals surface area contributed by atoms with Crippen LogP contribution in [0.5, 0.6) is 5.75 Å². The van der Waals surface area contributed by atoms with Crippen molar-refractivity contribution in [2.75, 3.05) is 13.2 Å². The van der Waals surface area contributed by atoms with E-state index in [-0.39, 0.29) is 11.9 Å². The molecule has 1 saturated heterocycles. The molecular weight excluding hydrogens is 400 g/mol. The van der Waals surface area contributed by atoms with Gasteiger partial charge in [0, 0.05) is 37.1 Å². The molecule has 7 heteroatoms. The van der Waals surface area contributed by atoms with E-state index in [1.807, 2.05) is 31.0 Å². The number of amides is 1. The minimum absolute atomic E-state index is 0.0760. The molecule has 0 unspecified atom stereocenters. The first kappa shape index (κ1) is 20.7. The molecular formula is C23H27ClN4O2. The summed E-state index contributed by atoms with van der Waals surface area (Å²) in [6.07, 6.45) is 7.82. The third-order valence-corrected chi connectivity index (χ3v) is 5.89. The van der Waals surface area contributed by atoms with E-state index in [0.717, 1.165) is 42.6 Å². The number of nitrogens with zero attached hydrogens (tertiary/aromatic N) is 4. The number of aromatic nitrogens is 3. The third-order valence-electron chi connectivity index (χ3n) is 5.61. The van der Waals surface area contributed by atoms with Crippen molar-refractivity contribution in [2.45, 2.75) is 52.5 Å². The van der Waals surface area contributed by atoms with Crippen LogP contribution in [0.4, 0.5) is 0 Å². The minimum atomic E-state index is -0.117. The van der Waals surface area contributed by atoms with Gasteiger partial charge in [0.25, 0.3) is 5.91 Å². The molecule has 0 N–H and O–H groups in total. The minimum Gasteiger partial charge on any atom is -0.490 e. The summed E-state index contributed by atoms with van der Waals surface area (Å²) in [5.41, 5.74) is 4.11. The number of rotatable bonds is 5. The summed E-state index contributed by atoms with van der Waals surface area (Å²) in [5, 5.41) is 0.428. The van der Waals surface area contributed by atoms with Crippen LogP contribution in [0, 0.1) is 13.8 Å². The highest BCUT2D eigenvalue weighted by Gasteiger charge is 2.31. The molecule has 30 heavy (non-hydrogen) atoms. The average molecular weight is 427 g/mol. The van der Waals surface area contributed by atoms with Gasteiger partial charge in [0.2, 0.25) is 0 Å². The van der Waals surface area contributed by atoms with Crippen LogP contribution in [0.25, 0.3) is 5.65 Å². The summed E-state index contributed by atoms with van der Waals surface area (Å²) >= 11 is 6.37. The van der Waals surface area contributed by atoms with E-state index in [9.17, 15) is 4.79 Å². The van der Waals surface area contributed by atoms with Crippen molar-refractivity contribution in [3.05, 3.63) is 58.3 Å². The number of ether oxygens (including phenoxy) is 1. The Morgan fingerprint density at radius 1 is 1.30 bits per heavy atom. The number of pyridine rings is 2. The number of aryl methyl sites for hydroxylation is 2. The normalized spacial score (nSPS) is 16.8. The molecule has 4 rings (SSSR count). The van der Waals surface area contributed by atoms with Crippen molar-refractivity contribution in [1.82, 2.24) is 19.3 Å². The van der Waals surface area contributed by atoms with Gasteiger partial charge in [0.1, 0.15) is 5.65 Å². The largest absolute Gasteiger partial charge is 0.490 e. The predicted octanol–water partition coefficient (Wildman–Crippen LogP) is 4.64. The number of carbonyl (C=O) groups is 1. The molecule has 0 bridgehead atoms. The topological polar surface area (TPSA) is 59.7 Å². The summed E-state index contributed by atoms with van der Waals surface area (Å²) in [5.74, 6) is 0.260. The van der Waals surface area contributed by atoms with Crippen LogP contribution in [0.1, 0.15) is 53.6 Å². The summed E-state index contributed by atoms with van der Waals surface area (Å²) in [7, 11) is 0. The van der Waals surface area contributed by atoms with E-state index in [2.05, 4.69) is 28.6 Å². The highest BCUT2D eigenvalue weighted by atomic mass is 35.5. The van der Waals surface area contributed by atoms with Crippen LogP contribution in [-0.4, -0.2) is 44.4 Å². The van der Waals surface area contributed by atoms with Crippen molar-refractivity contribution in [1.29, 1.82) is 0 Å². The molecule has 1 amide bonds. The second-order valence-corrected chi connectivity index (χ2v) is 8.27. The van der Waals surface area contributed by atoms with Crippen molar-refractivity contribution >= 4 is 23.2 Å². The Morgan fingerprint density at radius 3 is 2.90 bits per heavy atom. The number of likely N-dealkylation sites (tertiary alicyclic amines) is 1. The third kappa shape index (κ3) is 4.01. The Hall–Kier alpha value is -2.60. The van der Waals surface area contributed by atoms with E-state index in [1.54, 1.807) is 6.07 Å². The fourth-order valence-corrected chi connectivity index (χ4v) is 4.51. The van der Waals surface area contributed by atoms with E-state index >= 15 is 0 Å². The van der Waals surface area contributed by atoms with Crippen LogP contribution in [0.3, 0.4) is 0 Å². The molecule has 1 atom stereocenters. The molecule has 0 radical (unpaired) electrons. The zero-order chi connectivity index (χ0) is 21.3. The SMILES string of the molecule is CCOc1c(Cl)cc(C)nc1C(=O)N1CCCC[C@H]1Cc1cn2cccc(C)c2n1. The second-order valence-electron chi connectivity index (χ2n) is 7.86. The van der Waals surface area contributed by atoms with Gasteiger partial charge in [-0.25, -0.2) is 9.97 Å². The molecule has 0 aliphatic carbocycles. The maximum atomic E-state index is 13.5. The van der Waals surface area contributed by atoms with Gasteiger partial charge >= 0.3 is 0 Å². The number of imidazole rings is 1. The molecule has 0 aromatic carbocycles. The molecule has 1 aliphatic heterocycles. The molecule has 158 valence electrons. The zero-order valence-electron chi connectivity index (χ0n) is 17.7.